The lowest BCUT2D eigenvalue weighted by atomic mass is 10.2. The standard InChI is InChI=1S/C9H7N.C5H10N2O/c1-2-6-9-8(4-1)5-3-7-10-9;6-5(8)4-2-1-3-7-4/h1-7H;4,7H,1-3H2,(H2,6,8)/t;4-/m.0/s1. The molecule has 0 spiro atoms. The third-order valence-corrected chi connectivity index (χ3v) is 2.92. The quantitative estimate of drug-likeness (QED) is 0.796. The average Bonchev–Trinajstić information content (AvgIpc) is 2.94. The van der Waals surface area contributed by atoms with Crippen molar-refractivity contribution in [1.82, 2.24) is 10.3 Å². The van der Waals surface area contributed by atoms with Crippen LogP contribution in [0.3, 0.4) is 0 Å². The molecule has 2 aromatic rings. The Morgan fingerprint density at radius 3 is 2.67 bits per heavy atom. The lowest BCUT2D eigenvalue weighted by Gasteiger charge is -2.01. The highest BCUT2D eigenvalue weighted by atomic mass is 16.1. The van der Waals surface area contributed by atoms with Gasteiger partial charge in [-0.2, -0.15) is 0 Å². The predicted octanol–water partition coefficient (Wildman–Crippen LogP) is 1.46. The zero-order valence-electron chi connectivity index (χ0n) is 10.2. The van der Waals surface area contributed by atoms with Crippen LogP contribution >= 0.6 is 0 Å². The maximum Gasteiger partial charge on any atom is 0.234 e. The summed E-state index contributed by atoms with van der Waals surface area (Å²) in [7, 11) is 0. The smallest absolute Gasteiger partial charge is 0.234 e. The first-order valence-corrected chi connectivity index (χ1v) is 6.10. The maximum absolute atomic E-state index is 10.4. The van der Waals surface area contributed by atoms with E-state index in [1.807, 2.05) is 30.5 Å². The van der Waals surface area contributed by atoms with Crippen molar-refractivity contribution in [3.8, 4) is 0 Å². The molecular formula is C14H17N3O. The summed E-state index contributed by atoms with van der Waals surface area (Å²) < 4.78 is 0. The molecule has 2 heterocycles. The molecular weight excluding hydrogens is 226 g/mol. The van der Waals surface area contributed by atoms with E-state index in [0.717, 1.165) is 24.9 Å². The van der Waals surface area contributed by atoms with Gasteiger partial charge in [0.05, 0.1) is 11.6 Å². The van der Waals surface area contributed by atoms with Crippen LogP contribution in [-0.4, -0.2) is 23.5 Å². The fraction of sp³-hybridized carbons (Fsp3) is 0.286. The first-order valence-electron chi connectivity index (χ1n) is 6.10. The minimum Gasteiger partial charge on any atom is -0.368 e. The van der Waals surface area contributed by atoms with E-state index in [1.54, 1.807) is 0 Å². The van der Waals surface area contributed by atoms with Crippen LogP contribution < -0.4 is 11.1 Å². The van der Waals surface area contributed by atoms with Crippen molar-refractivity contribution in [2.24, 2.45) is 5.73 Å². The second-order valence-electron chi connectivity index (χ2n) is 4.25. The molecule has 1 aliphatic rings. The molecule has 1 saturated heterocycles. The Labute approximate surface area is 106 Å². The highest BCUT2D eigenvalue weighted by Crippen LogP contribution is 2.07. The second kappa shape index (κ2) is 6.12. The summed E-state index contributed by atoms with van der Waals surface area (Å²) in [6.45, 7) is 0.938. The number of para-hydroxylation sites is 1. The minimum atomic E-state index is -0.220. The Balaban J connectivity index is 0.000000138. The largest absolute Gasteiger partial charge is 0.368 e. The normalized spacial score (nSPS) is 18.1. The summed E-state index contributed by atoms with van der Waals surface area (Å²) in [4.78, 5) is 14.5. The van der Waals surface area contributed by atoms with Gasteiger partial charge < -0.3 is 11.1 Å². The van der Waals surface area contributed by atoms with Crippen molar-refractivity contribution in [3.63, 3.8) is 0 Å². The minimum absolute atomic E-state index is 0.0463. The molecule has 1 aromatic carbocycles. The van der Waals surface area contributed by atoms with E-state index in [4.69, 9.17) is 5.73 Å². The van der Waals surface area contributed by atoms with E-state index < -0.39 is 0 Å². The first-order chi connectivity index (χ1) is 8.77. The van der Waals surface area contributed by atoms with Crippen molar-refractivity contribution < 1.29 is 4.79 Å². The van der Waals surface area contributed by atoms with Gasteiger partial charge in [0.25, 0.3) is 0 Å². The van der Waals surface area contributed by atoms with Crippen LogP contribution in [0.4, 0.5) is 0 Å². The summed E-state index contributed by atoms with van der Waals surface area (Å²) in [6.07, 6.45) is 3.80. The van der Waals surface area contributed by atoms with Gasteiger partial charge in [0.2, 0.25) is 5.91 Å². The van der Waals surface area contributed by atoms with E-state index in [9.17, 15) is 4.79 Å². The van der Waals surface area contributed by atoms with E-state index in [1.165, 1.54) is 5.39 Å². The van der Waals surface area contributed by atoms with E-state index in [2.05, 4.69) is 22.4 Å². The van der Waals surface area contributed by atoms with Gasteiger partial charge in [-0.05, 0) is 31.5 Å². The maximum atomic E-state index is 10.4. The van der Waals surface area contributed by atoms with Gasteiger partial charge in [0.15, 0.2) is 0 Å². The van der Waals surface area contributed by atoms with Crippen molar-refractivity contribution in [1.29, 1.82) is 0 Å². The molecule has 0 radical (unpaired) electrons. The van der Waals surface area contributed by atoms with Crippen LogP contribution in [0.5, 0.6) is 0 Å². The topological polar surface area (TPSA) is 68.0 Å². The fourth-order valence-corrected chi connectivity index (χ4v) is 1.94. The van der Waals surface area contributed by atoms with Gasteiger partial charge >= 0.3 is 0 Å². The van der Waals surface area contributed by atoms with Gasteiger partial charge in [-0.25, -0.2) is 0 Å². The molecule has 4 heteroatoms. The van der Waals surface area contributed by atoms with Crippen LogP contribution in [0.25, 0.3) is 10.9 Å². The number of nitrogens with two attached hydrogens (primary N) is 1. The number of primary amides is 1. The van der Waals surface area contributed by atoms with E-state index in [0.29, 0.717) is 0 Å². The van der Waals surface area contributed by atoms with Crippen LogP contribution in [0.1, 0.15) is 12.8 Å². The second-order valence-corrected chi connectivity index (χ2v) is 4.25. The Morgan fingerprint density at radius 2 is 2.06 bits per heavy atom. The van der Waals surface area contributed by atoms with Crippen LogP contribution in [-0.2, 0) is 4.79 Å². The summed E-state index contributed by atoms with van der Waals surface area (Å²) >= 11 is 0. The number of hydrogen-bond donors (Lipinski definition) is 2. The lowest BCUT2D eigenvalue weighted by Crippen LogP contribution is -2.36. The number of nitrogens with zero attached hydrogens (tertiary/aromatic N) is 1. The molecule has 3 N–H and O–H groups in total. The molecule has 0 saturated carbocycles. The summed E-state index contributed by atoms with van der Waals surface area (Å²) in [6, 6.07) is 12.0. The van der Waals surface area contributed by atoms with Gasteiger partial charge in [-0.3, -0.25) is 9.78 Å². The molecule has 4 nitrogen and oxygen atoms in total. The number of fused-ring (bicyclic) bond motifs is 1. The lowest BCUT2D eigenvalue weighted by molar-refractivity contribution is -0.119. The van der Waals surface area contributed by atoms with Gasteiger partial charge in [-0.15, -0.1) is 0 Å². The van der Waals surface area contributed by atoms with Crippen LogP contribution in [0, 0.1) is 0 Å². The number of amides is 1. The first kappa shape index (κ1) is 12.5. The number of hydrogen-bond acceptors (Lipinski definition) is 3. The SMILES string of the molecule is NC(=O)[C@@H]1CCCN1.c1ccc2ncccc2c1. The molecule has 0 aliphatic carbocycles. The van der Waals surface area contributed by atoms with Crippen molar-refractivity contribution in [2.75, 3.05) is 6.54 Å². The van der Waals surface area contributed by atoms with Crippen molar-refractivity contribution in [3.05, 3.63) is 42.6 Å². The van der Waals surface area contributed by atoms with Crippen LogP contribution in [0.2, 0.25) is 0 Å². The fourth-order valence-electron chi connectivity index (χ4n) is 1.94. The van der Waals surface area contributed by atoms with Crippen molar-refractivity contribution in [2.45, 2.75) is 18.9 Å². The molecule has 1 amide bonds. The predicted molar refractivity (Wildman–Crippen MR) is 72.0 cm³/mol. The summed E-state index contributed by atoms with van der Waals surface area (Å²) in [5.41, 5.74) is 6.06. The van der Waals surface area contributed by atoms with Gasteiger partial charge in [0.1, 0.15) is 0 Å². The molecule has 3 rings (SSSR count). The molecule has 1 aliphatic heterocycles. The Morgan fingerprint density at radius 1 is 1.28 bits per heavy atom. The number of benzene rings is 1. The third kappa shape index (κ3) is 3.28. The molecule has 0 bridgehead atoms. The molecule has 1 atom stereocenters. The number of pyridine rings is 1. The van der Waals surface area contributed by atoms with Gasteiger partial charge in [-0.1, -0.05) is 24.3 Å². The number of carbonyl (C=O) groups excluding carboxylic acids is 1. The van der Waals surface area contributed by atoms with E-state index >= 15 is 0 Å². The number of nitrogens with one attached hydrogen (secondary N) is 1. The number of aromatic nitrogens is 1. The number of rotatable bonds is 1. The van der Waals surface area contributed by atoms with Crippen LogP contribution in [0.15, 0.2) is 42.6 Å². The van der Waals surface area contributed by atoms with Crippen molar-refractivity contribution >= 4 is 16.8 Å². The monoisotopic (exact) mass is 243 g/mol. The van der Waals surface area contributed by atoms with E-state index in [-0.39, 0.29) is 11.9 Å². The molecule has 1 aromatic heterocycles. The Bertz CT molecular complexity index is 456. The highest BCUT2D eigenvalue weighted by Gasteiger charge is 2.18. The number of carbonyl (C=O) groups is 1. The van der Waals surface area contributed by atoms with Gasteiger partial charge in [0, 0.05) is 11.6 Å². The zero-order valence-corrected chi connectivity index (χ0v) is 10.2. The zero-order chi connectivity index (χ0) is 12.8. The average molecular weight is 243 g/mol. The highest BCUT2D eigenvalue weighted by molar-refractivity contribution is 5.80. The summed E-state index contributed by atoms with van der Waals surface area (Å²) in [5, 5.41) is 4.18. The summed E-state index contributed by atoms with van der Waals surface area (Å²) in [5.74, 6) is -0.220. The third-order valence-electron chi connectivity index (χ3n) is 2.92. The molecule has 1 fully saturated rings. The Hall–Kier alpha value is -1.94. The molecule has 94 valence electrons. The Kier molecular flexibility index (Phi) is 4.25. The molecule has 0 unspecified atom stereocenters. The molecule has 18 heavy (non-hydrogen) atoms.